The molecule has 0 spiro atoms. The van der Waals surface area contributed by atoms with Gasteiger partial charge in [0, 0.05) is 17.8 Å². The highest BCUT2D eigenvalue weighted by Gasteiger charge is 2.64. The summed E-state index contributed by atoms with van der Waals surface area (Å²) in [6.07, 6.45) is 0.503. The first kappa shape index (κ1) is 17.4. The molecule has 140 valence electrons. The van der Waals surface area contributed by atoms with E-state index in [0.717, 1.165) is 5.56 Å². The normalized spacial score (nSPS) is 37.7. The van der Waals surface area contributed by atoms with Crippen molar-refractivity contribution >= 4 is 5.78 Å². The van der Waals surface area contributed by atoms with Gasteiger partial charge in [0.2, 0.25) is 12.5 Å². The van der Waals surface area contributed by atoms with Crippen molar-refractivity contribution in [3.05, 3.63) is 30.4 Å². The van der Waals surface area contributed by atoms with Crippen LogP contribution in [-0.4, -0.2) is 42.1 Å². The predicted molar refractivity (Wildman–Crippen MR) is 93.4 cm³/mol. The van der Waals surface area contributed by atoms with Crippen molar-refractivity contribution in [3.63, 3.8) is 0 Å². The number of methoxy groups -OCH3 is 1. The number of allylic oxidation sites excluding steroid dienone is 1. The van der Waals surface area contributed by atoms with E-state index < -0.39 is 23.5 Å². The molecule has 6 atom stereocenters. The van der Waals surface area contributed by atoms with E-state index in [1.54, 1.807) is 13.2 Å². The van der Waals surface area contributed by atoms with E-state index in [4.69, 9.17) is 14.2 Å². The maximum Gasteiger partial charge on any atom is 0.231 e. The zero-order chi connectivity index (χ0) is 18.6. The average molecular weight is 360 g/mol. The lowest BCUT2D eigenvalue weighted by atomic mass is 9.66. The number of ether oxygens (including phenoxy) is 3. The molecule has 6 heteroatoms. The molecule has 2 N–H and O–H groups in total. The van der Waals surface area contributed by atoms with Crippen LogP contribution in [-0.2, 0) is 4.79 Å². The Morgan fingerprint density at radius 2 is 2.15 bits per heavy atom. The van der Waals surface area contributed by atoms with Gasteiger partial charge >= 0.3 is 0 Å². The molecule has 6 unspecified atom stereocenters. The van der Waals surface area contributed by atoms with Gasteiger partial charge < -0.3 is 24.4 Å². The topological polar surface area (TPSA) is 85.2 Å². The molecular formula is C20H24O6. The van der Waals surface area contributed by atoms with Gasteiger partial charge in [-0.1, -0.05) is 13.0 Å². The van der Waals surface area contributed by atoms with Crippen LogP contribution < -0.4 is 14.2 Å². The molecule has 0 saturated heterocycles. The second-order valence-corrected chi connectivity index (χ2v) is 7.61. The monoisotopic (exact) mass is 360 g/mol. The fraction of sp³-hybridized carbons (Fsp3) is 0.550. The second-order valence-electron chi connectivity index (χ2n) is 7.61. The number of carbonyl (C=O) groups is 1. The van der Waals surface area contributed by atoms with Gasteiger partial charge in [0.15, 0.2) is 17.3 Å². The lowest BCUT2D eigenvalue weighted by molar-refractivity contribution is -0.146. The SMILES string of the molecule is C=CCC12CC(=O)C(O)C(C(c3cc(OC)c4c(c3)OCO4)C1C)C2O. The third-order valence-electron chi connectivity index (χ3n) is 6.60. The number of aliphatic hydroxyl groups excluding tert-OH is 2. The van der Waals surface area contributed by atoms with Crippen LogP contribution in [0.2, 0.25) is 0 Å². The molecule has 0 aromatic heterocycles. The van der Waals surface area contributed by atoms with Gasteiger partial charge in [-0.05, 0) is 36.0 Å². The highest BCUT2D eigenvalue weighted by molar-refractivity contribution is 5.86. The third kappa shape index (κ3) is 2.15. The summed E-state index contributed by atoms with van der Waals surface area (Å²) in [6, 6.07) is 3.74. The van der Waals surface area contributed by atoms with E-state index >= 15 is 0 Å². The third-order valence-corrected chi connectivity index (χ3v) is 6.60. The first-order valence-electron chi connectivity index (χ1n) is 8.92. The van der Waals surface area contributed by atoms with Crippen LogP contribution in [0.1, 0.15) is 31.2 Å². The van der Waals surface area contributed by atoms with E-state index in [0.29, 0.717) is 23.7 Å². The molecule has 1 aromatic rings. The molecule has 0 radical (unpaired) electrons. The molecule has 3 aliphatic rings. The Kier molecular flexibility index (Phi) is 4.00. The summed E-state index contributed by atoms with van der Waals surface area (Å²) in [5.74, 6) is 0.711. The first-order valence-corrected chi connectivity index (χ1v) is 8.92. The van der Waals surface area contributed by atoms with Crippen LogP contribution >= 0.6 is 0 Å². The molecule has 4 rings (SSSR count). The minimum atomic E-state index is -1.17. The molecule has 1 heterocycles. The summed E-state index contributed by atoms with van der Waals surface area (Å²) in [4.78, 5) is 12.4. The number of fused-ring (bicyclic) bond motifs is 3. The van der Waals surface area contributed by atoms with E-state index in [9.17, 15) is 15.0 Å². The van der Waals surface area contributed by atoms with Gasteiger partial charge in [0.25, 0.3) is 0 Å². The summed E-state index contributed by atoms with van der Waals surface area (Å²) < 4.78 is 16.4. The largest absolute Gasteiger partial charge is 0.493 e. The average Bonchev–Trinajstić information content (AvgIpc) is 3.15. The highest BCUT2D eigenvalue weighted by atomic mass is 16.7. The fourth-order valence-corrected chi connectivity index (χ4v) is 5.32. The molecule has 1 aromatic carbocycles. The van der Waals surface area contributed by atoms with Crippen molar-refractivity contribution in [2.24, 2.45) is 17.3 Å². The zero-order valence-corrected chi connectivity index (χ0v) is 15.0. The molecule has 26 heavy (non-hydrogen) atoms. The minimum absolute atomic E-state index is 0.0216. The van der Waals surface area contributed by atoms with Crippen LogP contribution in [0.25, 0.3) is 0 Å². The molecule has 2 saturated carbocycles. The highest BCUT2D eigenvalue weighted by Crippen LogP contribution is 2.63. The number of hydrogen-bond acceptors (Lipinski definition) is 6. The molecule has 0 amide bonds. The van der Waals surface area contributed by atoms with Gasteiger partial charge in [-0.25, -0.2) is 0 Å². The summed E-state index contributed by atoms with van der Waals surface area (Å²) in [5, 5.41) is 21.6. The van der Waals surface area contributed by atoms with Crippen molar-refractivity contribution in [3.8, 4) is 17.2 Å². The standard InChI is InChI=1S/C20H24O6/c1-4-5-20-8-12(21)17(22)16(19(20)23)15(10(20)2)11-6-13(24-3)18-14(7-11)25-9-26-18/h4,6-7,10,15-17,19,22-23H,1,5,8-9H2,2-3H3. The zero-order valence-electron chi connectivity index (χ0n) is 15.0. The van der Waals surface area contributed by atoms with Crippen molar-refractivity contribution in [1.82, 2.24) is 0 Å². The number of carbonyl (C=O) groups excluding carboxylic acids is 1. The van der Waals surface area contributed by atoms with Crippen LogP contribution in [0, 0.1) is 17.3 Å². The van der Waals surface area contributed by atoms with Crippen LogP contribution in [0.3, 0.4) is 0 Å². The van der Waals surface area contributed by atoms with Crippen molar-refractivity contribution in [1.29, 1.82) is 0 Å². The number of ketones is 1. The van der Waals surface area contributed by atoms with Crippen LogP contribution in [0.5, 0.6) is 17.2 Å². The van der Waals surface area contributed by atoms with E-state index in [2.05, 4.69) is 6.58 Å². The molecule has 2 bridgehead atoms. The number of rotatable bonds is 4. The number of benzene rings is 1. The Morgan fingerprint density at radius 3 is 2.85 bits per heavy atom. The smallest absolute Gasteiger partial charge is 0.231 e. The Morgan fingerprint density at radius 1 is 1.38 bits per heavy atom. The number of aliphatic hydroxyl groups is 2. The predicted octanol–water partition coefficient (Wildman–Crippen LogP) is 2.03. The van der Waals surface area contributed by atoms with Crippen LogP contribution in [0.15, 0.2) is 24.8 Å². The molecule has 6 nitrogen and oxygen atoms in total. The summed E-state index contributed by atoms with van der Waals surface area (Å²) >= 11 is 0. The number of hydrogen-bond donors (Lipinski definition) is 2. The van der Waals surface area contributed by atoms with Crippen LogP contribution in [0.4, 0.5) is 0 Å². The van der Waals surface area contributed by atoms with Gasteiger partial charge in [-0.2, -0.15) is 0 Å². The Hall–Kier alpha value is -2.05. The fourth-order valence-electron chi connectivity index (χ4n) is 5.32. The summed E-state index contributed by atoms with van der Waals surface area (Å²) in [7, 11) is 1.56. The maximum atomic E-state index is 12.4. The Labute approximate surface area is 152 Å². The van der Waals surface area contributed by atoms with Crippen molar-refractivity contribution < 1.29 is 29.2 Å². The van der Waals surface area contributed by atoms with E-state index in [1.807, 2.05) is 19.1 Å². The molecule has 2 aliphatic carbocycles. The summed E-state index contributed by atoms with van der Waals surface area (Å²) in [5.41, 5.74) is 0.277. The Balaban J connectivity index is 1.84. The molecule has 1 aliphatic heterocycles. The lowest BCUT2D eigenvalue weighted by Gasteiger charge is -2.40. The van der Waals surface area contributed by atoms with Gasteiger partial charge in [0.05, 0.1) is 13.2 Å². The first-order chi connectivity index (χ1) is 12.4. The van der Waals surface area contributed by atoms with Crippen molar-refractivity contribution in [2.75, 3.05) is 13.9 Å². The van der Waals surface area contributed by atoms with E-state index in [-0.39, 0.29) is 30.8 Å². The Bertz CT molecular complexity index is 759. The number of Topliss-reactive ketones (excluding diaryl/α,β-unsaturated/α-hetero) is 1. The maximum absolute atomic E-state index is 12.4. The lowest BCUT2D eigenvalue weighted by Crippen LogP contribution is -2.49. The second kappa shape index (κ2) is 5.99. The van der Waals surface area contributed by atoms with Crippen molar-refractivity contribution in [2.45, 2.75) is 37.9 Å². The molecule has 2 fully saturated rings. The molecular weight excluding hydrogens is 336 g/mol. The van der Waals surface area contributed by atoms with Gasteiger partial charge in [0.1, 0.15) is 6.10 Å². The van der Waals surface area contributed by atoms with Gasteiger partial charge in [-0.3, -0.25) is 4.79 Å². The van der Waals surface area contributed by atoms with E-state index in [1.165, 1.54) is 0 Å². The minimum Gasteiger partial charge on any atom is -0.493 e. The quantitative estimate of drug-likeness (QED) is 0.799. The summed E-state index contributed by atoms with van der Waals surface area (Å²) in [6.45, 7) is 5.98. The van der Waals surface area contributed by atoms with Gasteiger partial charge in [-0.15, -0.1) is 6.58 Å².